The van der Waals surface area contributed by atoms with E-state index in [4.69, 9.17) is 4.74 Å². The Labute approximate surface area is 376 Å². The molecule has 0 aliphatic carbocycles. The van der Waals surface area contributed by atoms with Crippen LogP contribution < -0.4 is 5.32 Å². The minimum atomic E-state index is -0.823. The van der Waals surface area contributed by atoms with Crippen molar-refractivity contribution in [1.29, 1.82) is 0 Å². The lowest BCUT2D eigenvalue weighted by atomic mass is 10.0. The van der Waals surface area contributed by atoms with Crippen molar-refractivity contribution in [2.75, 3.05) is 6.61 Å². The molecule has 350 valence electrons. The van der Waals surface area contributed by atoms with Crippen molar-refractivity contribution in [3.63, 3.8) is 0 Å². The highest BCUT2D eigenvalue weighted by atomic mass is 16.5. The molecule has 0 bridgehead atoms. The van der Waals surface area contributed by atoms with Gasteiger partial charge in [-0.2, -0.15) is 0 Å². The highest BCUT2D eigenvalue weighted by Gasteiger charge is 2.23. The van der Waals surface area contributed by atoms with Gasteiger partial charge in [-0.15, -0.1) is 0 Å². The monoisotopic (exact) mass is 850 g/mol. The van der Waals surface area contributed by atoms with E-state index in [1.807, 2.05) is 54.7 Å². The number of nitrogens with one attached hydrogen (secondary N) is 1. The van der Waals surface area contributed by atoms with E-state index in [0.29, 0.717) is 19.3 Å². The van der Waals surface area contributed by atoms with Crippen molar-refractivity contribution in [2.45, 2.75) is 244 Å². The third-order valence-electron chi connectivity index (χ3n) is 11.1. The summed E-state index contributed by atoms with van der Waals surface area (Å²) >= 11 is 0. The molecule has 0 fully saturated rings. The van der Waals surface area contributed by atoms with Gasteiger partial charge in [0.1, 0.15) is 6.10 Å². The lowest BCUT2D eigenvalue weighted by Gasteiger charge is -2.24. The molecule has 0 aliphatic rings. The first-order valence-electron chi connectivity index (χ1n) is 25.4. The summed E-state index contributed by atoms with van der Waals surface area (Å²) in [7, 11) is 0. The van der Waals surface area contributed by atoms with Gasteiger partial charge in [0.15, 0.2) is 0 Å². The fourth-order valence-electron chi connectivity index (χ4n) is 7.27. The number of aliphatic hydroxyl groups excluding tert-OH is 2. The second kappa shape index (κ2) is 48.1. The maximum absolute atomic E-state index is 13.2. The van der Waals surface area contributed by atoms with Crippen LogP contribution in [-0.2, 0) is 14.3 Å². The van der Waals surface area contributed by atoms with Gasteiger partial charge in [-0.1, -0.05) is 247 Å². The van der Waals surface area contributed by atoms with Crippen molar-refractivity contribution >= 4 is 11.9 Å². The normalized spacial score (nSPS) is 14.0. The molecule has 0 rings (SSSR count). The summed E-state index contributed by atoms with van der Waals surface area (Å²) in [5.41, 5.74) is 0. The fraction of sp³-hybridized carbons (Fsp3) is 0.709. The number of rotatable bonds is 44. The highest BCUT2D eigenvalue weighted by molar-refractivity contribution is 5.77. The molecule has 6 nitrogen and oxygen atoms in total. The van der Waals surface area contributed by atoms with Gasteiger partial charge in [0, 0.05) is 12.8 Å². The van der Waals surface area contributed by atoms with E-state index in [1.54, 1.807) is 0 Å². The lowest BCUT2D eigenvalue weighted by Crippen LogP contribution is -2.46. The SMILES string of the molecule is CC/C=C/C=C/C=C\C=C/C=C/CC(CC(=O)NC(CO)C(O)CCCCCCCCCCCCCCCCCC)OC(=O)CCCCCCCC/C=C/C=C/CCCCC. The predicted molar refractivity (Wildman–Crippen MR) is 264 cm³/mol. The molecular weight excluding hydrogens is 755 g/mol. The molecule has 0 aromatic carbocycles. The standard InChI is InChI=1S/C55H95NO5/c1-4-7-10-13-16-19-22-24-26-28-29-32-35-38-41-44-47-53(58)52(50-57)56-54(59)49-51(46-43-40-37-34-31-21-18-15-12-9-6-3)61-55(60)48-45-42-39-36-33-30-27-25-23-20-17-14-11-8-5-2/h9,12,15,17-18,20-21,23,25,31,34,37,40,43,51-53,57-58H,4-8,10-11,13-14,16,19,22,24,26-30,32-33,35-36,38-39,41-42,44-50H2,1-3H3,(H,56,59)/b12-9+,18-15+,20-17+,25-23+,31-21-,37-34-,43-40+. The van der Waals surface area contributed by atoms with E-state index in [2.05, 4.69) is 56.5 Å². The summed E-state index contributed by atoms with van der Waals surface area (Å²) < 4.78 is 5.83. The molecular formula is C55H95NO5. The summed E-state index contributed by atoms with van der Waals surface area (Å²) in [5.74, 6) is -0.625. The van der Waals surface area contributed by atoms with E-state index in [9.17, 15) is 19.8 Å². The molecule has 1 amide bonds. The average Bonchev–Trinajstić information content (AvgIpc) is 3.25. The zero-order chi connectivity index (χ0) is 44.5. The number of hydrogen-bond acceptors (Lipinski definition) is 5. The minimum absolute atomic E-state index is 0.0267. The van der Waals surface area contributed by atoms with Gasteiger partial charge < -0.3 is 20.3 Å². The minimum Gasteiger partial charge on any atom is -0.461 e. The molecule has 0 saturated heterocycles. The molecule has 0 aliphatic heterocycles. The van der Waals surface area contributed by atoms with Crippen molar-refractivity contribution in [3.05, 3.63) is 85.1 Å². The van der Waals surface area contributed by atoms with E-state index in [-0.39, 0.29) is 24.9 Å². The second-order valence-corrected chi connectivity index (χ2v) is 17.0. The van der Waals surface area contributed by atoms with Crippen LogP contribution in [0, 0.1) is 0 Å². The van der Waals surface area contributed by atoms with E-state index >= 15 is 0 Å². The Morgan fingerprint density at radius 2 is 0.918 bits per heavy atom. The average molecular weight is 850 g/mol. The van der Waals surface area contributed by atoms with Crippen molar-refractivity contribution in [1.82, 2.24) is 5.32 Å². The van der Waals surface area contributed by atoms with Gasteiger partial charge in [-0.3, -0.25) is 9.59 Å². The molecule has 0 saturated carbocycles. The summed E-state index contributed by atoms with van der Waals surface area (Å²) in [6.45, 7) is 6.27. The van der Waals surface area contributed by atoms with Crippen LogP contribution in [0.3, 0.4) is 0 Å². The lowest BCUT2D eigenvalue weighted by molar-refractivity contribution is -0.150. The van der Waals surface area contributed by atoms with Gasteiger partial charge in [0.2, 0.25) is 5.91 Å². The molecule has 0 spiro atoms. The Balaban J connectivity index is 4.64. The smallest absolute Gasteiger partial charge is 0.306 e. The summed E-state index contributed by atoms with van der Waals surface area (Å²) in [4.78, 5) is 26.0. The van der Waals surface area contributed by atoms with E-state index < -0.39 is 18.2 Å². The van der Waals surface area contributed by atoms with Crippen LogP contribution in [-0.4, -0.2) is 46.9 Å². The topological polar surface area (TPSA) is 95.9 Å². The quantitative estimate of drug-likeness (QED) is 0.0322. The summed E-state index contributed by atoms with van der Waals surface area (Å²) in [6, 6.07) is -0.745. The number of aliphatic hydroxyl groups is 2. The third kappa shape index (κ3) is 43.5. The van der Waals surface area contributed by atoms with Crippen LogP contribution in [0.5, 0.6) is 0 Å². The van der Waals surface area contributed by atoms with Gasteiger partial charge in [0.05, 0.1) is 25.2 Å². The maximum atomic E-state index is 13.2. The predicted octanol–water partition coefficient (Wildman–Crippen LogP) is 15.2. The van der Waals surface area contributed by atoms with Crippen LogP contribution in [0.1, 0.15) is 226 Å². The largest absolute Gasteiger partial charge is 0.461 e. The molecule has 0 radical (unpaired) electrons. The zero-order valence-electron chi connectivity index (χ0n) is 39.8. The molecule has 0 aromatic rings. The Morgan fingerprint density at radius 1 is 0.508 bits per heavy atom. The number of carbonyl (C=O) groups excluding carboxylic acids is 2. The number of allylic oxidation sites excluding steroid dienone is 13. The molecule has 61 heavy (non-hydrogen) atoms. The zero-order valence-corrected chi connectivity index (χ0v) is 39.8. The Hall–Kier alpha value is -2.96. The van der Waals surface area contributed by atoms with Crippen molar-refractivity contribution in [3.8, 4) is 0 Å². The van der Waals surface area contributed by atoms with Crippen molar-refractivity contribution in [2.24, 2.45) is 0 Å². The first-order chi connectivity index (χ1) is 30.0. The first kappa shape index (κ1) is 58.0. The van der Waals surface area contributed by atoms with Crippen LogP contribution >= 0.6 is 0 Å². The number of hydrogen-bond donors (Lipinski definition) is 3. The van der Waals surface area contributed by atoms with E-state index in [1.165, 1.54) is 122 Å². The third-order valence-corrected chi connectivity index (χ3v) is 11.1. The molecule has 3 N–H and O–H groups in total. The Morgan fingerprint density at radius 3 is 1.43 bits per heavy atom. The Kier molecular flexibility index (Phi) is 45.7. The molecule has 0 heterocycles. The van der Waals surface area contributed by atoms with Gasteiger partial charge in [-0.05, 0) is 44.9 Å². The second-order valence-electron chi connectivity index (χ2n) is 17.0. The number of esters is 1. The van der Waals surface area contributed by atoms with Gasteiger partial charge in [0.25, 0.3) is 0 Å². The van der Waals surface area contributed by atoms with Gasteiger partial charge in [-0.25, -0.2) is 0 Å². The van der Waals surface area contributed by atoms with Gasteiger partial charge >= 0.3 is 5.97 Å². The molecule has 6 heteroatoms. The maximum Gasteiger partial charge on any atom is 0.306 e. The number of carbonyl (C=O) groups is 2. The van der Waals surface area contributed by atoms with E-state index in [0.717, 1.165) is 57.8 Å². The van der Waals surface area contributed by atoms with Crippen molar-refractivity contribution < 1.29 is 24.5 Å². The number of amides is 1. The Bertz CT molecular complexity index is 1180. The molecule has 3 unspecified atom stereocenters. The number of unbranched alkanes of at least 4 members (excludes halogenated alkanes) is 24. The van der Waals surface area contributed by atoms with Crippen LogP contribution in [0.2, 0.25) is 0 Å². The van der Waals surface area contributed by atoms with Crippen LogP contribution in [0.25, 0.3) is 0 Å². The summed E-state index contributed by atoms with van der Waals surface area (Å²) in [5, 5.41) is 23.7. The fourth-order valence-corrected chi connectivity index (χ4v) is 7.27. The van der Waals surface area contributed by atoms with Crippen LogP contribution in [0.4, 0.5) is 0 Å². The van der Waals surface area contributed by atoms with Crippen LogP contribution in [0.15, 0.2) is 85.1 Å². The number of ether oxygens (including phenoxy) is 1. The molecule has 0 aromatic heterocycles. The highest BCUT2D eigenvalue weighted by Crippen LogP contribution is 2.16. The summed E-state index contributed by atoms with van der Waals surface area (Å²) in [6.07, 6.45) is 62.4. The first-order valence-corrected chi connectivity index (χ1v) is 25.4. The molecule has 3 atom stereocenters.